The molecule has 0 fully saturated rings. The Hall–Kier alpha value is -3.44. The first-order valence-corrected chi connectivity index (χ1v) is 11.5. The first-order valence-electron chi connectivity index (χ1n) is 10.6. The quantitative estimate of drug-likeness (QED) is 0.507. The van der Waals surface area contributed by atoms with Gasteiger partial charge in [-0.25, -0.2) is 0 Å². The first-order chi connectivity index (χ1) is 16.6. The third-order valence-corrected chi connectivity index (χ3v) is 6.66. The highest BCUT2D eigenvalue weighted by Gasteiger charge is 2.31. The zero-order valence-electron chi connectivity index (χ0n) is 18.6. The summed E-state index contributed by atoms with van der Waals surface area (Å²) in [6.07, 6.45) is -3.32. The monoisotopic (exact) mass is 505 g/mol. The third kappa shape index (κ3) is 5.80. The molecular weight excluding hydrogens is 483 g/mol. The highest BCUT2D eigenvalue weighted by atomic mass is 32.2. The van der Waals surface area contributed by atoms with E-state index in [-0.39, 0.29) is 30.3 Å². The van der Waals surface area contributed by atoms with E-state index in [1.807, 2.05) is 12.1 Å². The highest BCUT2D eigenvalue weighted by molar-refractivity contribution is 7.99. The molecule has 7 nitrogen and oxygen atoms in total. The molecule has 1 aliphatic rings. The van der Waals surface area contributed by atoms with Gasteiger partial charge in [0, 0.05) is 35.0 Å². The number of hydrogen-bond donors (Lipinski definition) is 2. The van der Waals surface area contributed by atoms with Crippen LogP contribution in [0.5, 0.6) is 11.5 Å². The maximum Gasteiger partial charge on any atom is 0.573 e. The molecule has 0 aliphatic carbocycles. The fourth-order valence-electron chi connectivity index (χ4n) is 3.70. The number of carbonyl (C=O) groups excluding carboxylic acids is 1. The molecule has 0 saturated carbocycles. The van der Waals surface area contributed by atoms with Gasteiger partial charge in [-0.1, -0.05) is 24.3 Å². The van der Waals surface area contributed by atoms with Crippen LogP contribution in [0.25, 0.3) is 0 Å². The summed E-state index contributed by atoms with van der Waals surface area (Å²) in [5.41, 5.74) is 7.93. The summed E-state index contributed by atoms with van der Waals surface area (Å²) in [4.78, 5) is 26.7. The number of halogens is 3. The minimum Gasteiger partial charge on any atom is -0.497 e. The van der Waals surface area contributed by atoms with Gasteiger partial charge in [0.1, 0.15) is 11.5 Å². The van der Waals surface area contributed by atoms with E-state index in [2.05, 4.69) is 10.1 Å². The van der Waals surface area contributed by atoms with E-state index in [0.717, 1.165) is 5.56 Å². The molecular formula is C24H22F3N3O4S. The molecule has 3 N–H and O–H groups in total. The van der Waals surface area contributed by atoms with Crippen molar-refractivity contribution in [2.24, 2.45) is 5.73 Å². The summed E-state index contributed by atoms with van der Waals surface area (Å²) in [6.45, 7) is 0.322. The number of nitrogens with zero attached hydrogens (tertiary/aromatic N) is 1. The number of amides is 1. The second-order valence-corrected chi connectivity index (χ2v) is 8.89. The number of ether oxygens (including phenoxy) is 2. The van der Waals surface area contributed by atoms with Crippen molar-refractivity contribution >= 4 is 17.7 Å². The summed E-state index contributed by atoms with van der Waals surface area (Å²) in [6, 6.07) is 11.9. The van der Waals surface area contributed by atoms with Crippen molar-refractivity contribution in [2.75, 3.05) is 12.9 Å². The minimum absolute atomic E-state index is 0.0502. The van der Waals surface area contributed by atoms with Gasteiger partial charge in [0.05, 0.1) is 19.2 Å². The fourth-order valence-corrected chi connectivity index (χ4v) is 4.91. The summed E-state index contributed by atoms with van der Waals surface area (Å²) in [7, 11) is 1.57. The number of thioether (sulfide) groups is 1. The van der Waals surface area contributed by atoms with E-state index in [1.54, 1.807) is 19.2 Å². The number of fused-ring (bicyclic) bond motifs is 1. The summed E-state index contributed by atoms with van der Waals surface area (Å²) in [5.74, 6) is 0.450. The van der Waals surface area contributed by atoms with E-state index < -0.39 is 12.4 Å². The van der Waals surface area contributed by atoms with Crippen LogP contribution in [0.4, 0.5) is 13.2 Å². The van der Waals surface area contributed by atoms with Gasteiger partial charge in [-0.05, 0) is 35.4 Å². The van der Waals surface area contributed by atoms with Crippen molar-refractivity contribution in [1.29, 1.82) is 0 Å². The maximum absolute atomic E-state index is 13.1. The number of rotatable bonds is 7. The molecule has 1 aromatic heterocycles. The standard InChI is InChI=1S/C24H22F3N3O4S/c1-33-16-6-2-14(3-7-16)10-29-22(31)18-12-30(23(32)20-19(28)13-35-21(18)20)11-15-4-8-17(9-5-15)34-24(25,26)27/h2-9,12,19H,10-11,13,28H2,1H3,(H,29,31)/t19-/m0/s1. The summed E-state index contributed by atoms with van der Waals surface area (Å²) >= 11 is 1.36. The zero-order valence-corrected chi connectivity index (χ0v) is 19.4. The number of nitrogens with one attached hydrogen (secondary N) is 1. The van der Waals surface area contributed by atoms with Gasteiger partial charge >= 0.3 is 6.36 Å². The van der Waals surface area contributed by atoms with E-state index >= 15 is 0 Å². The Balaban J connectivity index is 1.57. The number of benzene rings is 2. The number of pyridine rings is 1. The van der Waals surface area contributed by atoms with Crippen molar-refractivity contribution in [3.8, 4) is 11.5 Å². The maximum atomic E-state index is 13.1. The SMILES string of the molecule is COc1ccc(CNC(=O)c2cn(Cc3ccc(OC(F)(F)F)cc3)c(=O)c3c2SC[C@@H]3N)cc1. The zero-order chi connectivity index (χ0) is 25.2. The molecule has 35 heavy (non-hydrogen) atoms. The van der Waals surface area contributed by atoms with E-state index in [9.17, 15) is 22.8 Å². The molecule has 1 amide bonds. The lowest BCUT2D eigenvalue weighted by Gasteiger charge is -2.15. The van der Waals surface area contributed by atoms with Crippen molar-refractivity contribution in [3.05, 3.63) is 87.3 Å². The molecule has 4 rings (SSSR count). The lowest BCUT2D eigenvalue weighted by molar-refractivity contribution is -0.274. The Morgan fingerprint density at radius 1 is 1.11 bits per heavy atom. The minimum atomic E-state index is -4.79. The van der Waals surface area contributed by atoms with Crippen LogP contribution < -0.4 is 26.1 Å². The summed E-state index contributed by atoms with van der Waals surface area (Å²) < 4.78 is 47.6. The van der Waals surface area contributed by atoms with Gasteiger partial charge in [-0.15, -0.1) is 24.9 Å². The number of carbonyl (C=O) groups is 1. The van der Waals surface area contributed by atoms with Crippen LogP contribution in [-0.4, -0.2) is 29.7 Å². The second-order valence-electron chi connectivity index (χ2n) is 7.86. The van der Waals surface area contributed by atoms with Crippen molar-refractivity contribution in [1.82, 2.24) is 9.88 Å². The van der Waals surface area contributed by atoms with Crippen LogP contribution in [0, 0.1) is 0 Å². The smallest absolute Gasteiger partial charge is 0.497 e. The third-order valence-electron chi connectivity index (χ3n) is 5.41. The molecule has 2 heterocycles. The molecule has 0 unspecified atom stereocenters. The number of hydrogen-bond acceptors (Lipinski definition) is 6. The lowest BCUT2D eigenvalue weighted by Crippen LogP contribution is -2.31. The Morgan fingerprint density at radius 2 is 1.74 bits per heavy atom. The molecule has 0 radical (unpaired) electrons. The molecule has 0 bridgehead atoms. The fraction of sp³-hybridized carbons (Fsp3) is 0.250. The van der Waals surface area contributed by atoms with Crippen LogP contribution in [0.3, 0.4) is 0 Å². The largest absolute Gasteiger partial charge is 0.573 e. The van der Waals surface area contributed by atoms with E-state index in [1.165, 1.54) is 46.8 Å². The van der Waals surface area contributed by atoms with Crippen LogP contribution in [0.15, 0.2) is 64.4 Å². The van der Waals surface area contributed by atoms with Gasteiger partial charge in [0.25, 0.3) is 11.5 Å². The average Bonchev–Trinajstić information content (AvgIpc) is 3.21. The molecule has 2 aromatic carbocycles. The van der Waals surface area contributed by atoms with Crippen LogP contribution >= 0.6 is 11.8 Å². The average molecular weight is 506 g/mol. The van der Waals surface area contributed by atoms with Crippen molar-refractivity contribution < 1.29 is 27.4 Å². The first kappa shape index (κ1) is 24.7. The number of methoxy groups -OCH3 is 1. The van der Waals surface area contributed by atoms with Gasteiger partial charge in [0.15, 0.2) is 0 Å². The van der Waals surface area contributed by atoms with Crippen molar-refractivity contribution in [2.45, 2.75) is 30.4 Å². The second kappa shape index (κ2) is 10.0. The number of aromatic nitrogens is 1. The molecule has 0 saturated heterocycles. The molecule has 1 atom stereocenters. The van der Waals surface area contributed by atoms with E-state index in [0.29, 0.717) is 33.1 Å². The highest BCUT2D eigenvalue weighted by Crippen LogP contribution is 2.37. The molecule has 1 aliphatic heterocycles. The van der Waals surface area contributed by atoms with Gasteiger partial charge in [-0.3, -0.25) is 9.59 Å². The Labute approximate surface area is 203 Å². The predicted molar refractivity (Wildman–Crippen MR) is 125 cm³/mol. The summed E-state index contributed by atoms with van der Waals surface area (Å²) in [5, 5.41) is 2.86. The van der Waals surface area contributed by atoms with Gasteiger partial charge in [0.2, 0.25) is 0 Å². The Kier molecular flexibility index (Phi) is 7.08. The molecule has 11 heteroatoms. The van der Waals surface area contributed by atoms with Crippen LogP contribution in [-0.2, 0) is 13.1 Å². The van der Waals surface area contributed by atoms with Gasteiger partial charge < -0.3 is 25.1 Å². The van der Waals surface area contributed by atoms with Crippen LogP contribution in [0.1, 0.15) is 33.1 Å². The molecule has 0 spiro atoms. The van der Waals surface area contributed by atoms with Gasteiger partial charge in [-0.2, -0.15) is 0 Å². The number of nitrogens with two attached hydrogens (primary N) is 1. The number of alkyl halides is 3. The lowest BCUT2D eigenvalue weighted by atomic mass is 10.1. The molecule has 184 valence electrons. The normalized spacial score (nSPS) is 14.9. The van der Waals surface area contributed by atoms with Crippen molar-refractivity contribution in [3.63, 3.8) is 0 Å². The predicted octanol–water partition coefficient (Wildman–Crippen LogP) is 3.84. The van der Waals surface area contributed by atoms with E-state index in [4.69, 9.17) is 10.5 Å². The Bertz CT molecular complexity index is 1280. The topological polar surface area (TPSA) is 95.6 Å². The Morgan fingerprint density at radius 3 is 2.37 bits per heavy atom. The molecule has 3 aromatic rings. The van der Waals surface area contributed by atoms with Crippen LogP contribution in [0.2, 0.25) is 0 Å².